The predicted molar refractivity (Wildman–Crippen MR) is 136 cm³/mol. The van der Waals surface area contributed by atoms with Crippen molar-refractivity contribution in [3.8, 4) is 0 Å². The Balaban J connectivity index is 1.67. The number of nitrogens with zero attached hydrogens (tertiary/aromatic N) is 2. The van der Waals surface area contributed by atoms with E-state index in [4.69, 9.17) is 9.97 Å². The van der Waals surface area contributed by atoms with Gasteiger partial charge in [-0.15, -0.1) is 0 Å². The predicted octanol–water partition coefficient (Wildman–Crippen LogP) is 7.71. The van der Waals surface area contributed by atoms with Crippen LogP contribution in [0.5, 0.6) is 0 Å². The molecule has 4 heteroatoms. The van der Waals surface area contributed by atoms with E-state index in [2.05, 4.69) is 101 Å². The molecule has 0 bridgehead atoms. The molecular weight excluding hydrogens is 392 g/mol. The Morgan fingerprint density at radius 3 is 1.16 bits per heavy atom. The van der Waals surface area contributed by atoms with E-state index in [0.717, 1.165) is 22.4 Å². The Labute approximate surface area is 191 Å². The largest absolute Gasteiger partial charge is 0.337 e. The van der Waals surface area contributed by atoms with E-state index in [1.54, 1.807) is 0 Å². The van der Waals surface area contributed by atoms with Crippen LogP contribution in [-0.4, -0.2) is 9.97 Å². The molecule has 1 aromatic heterocycles. The third kappa shape index (κ3) is 4.91. The Morgan fingerprint density at radius 2 is 0.844 bits per heavy atom. The van der Waals surface area contributed by atoms with Crippen molar-refractivity contribution >= 4 is 34.0 Å². The average Bonchev–Trinajstić information content (AvgIpc) is 2.73. The molecule has 4 nitrogen and oxygen atoms in total. The minimum atomic E-state index is 0.118. The molecule has 0 unspecified atom stereocenters. The number of para-hydroxylation sites is 2. The van der Waals surface area contributed by atoms with Crippen LogP contribution in [0.4, 0.5) is 23.0 Å². The second-order valence-electron chi connectivity index (χ2n) is 10.3. The first-order valence-corrected chi connectivity index (χ1v) is 11.1. The van der Waals surface area contributed by atoms with Gasteiger partial charge in [0, 0.05) is 11.4 Å². The van der Waals surface area contributed by atoms with Crippen LogP contribution < -0.4 is 10.6 Å². The van der Waals surface area contributed by atoms with Gasteiger partial charge in [0.15, 0.2) is 11.6 Å². The Hall–Kier alpha value is -3.40. The summed E-state index contributed by atoms with van der Waals surface area (Å²) < 4.78 is 0. The number of fused-ring (bicyclic) bond motifs is 1. The zero-order valence-electron chi connectivity index (χ0n) is 19.8. The first-order valence-electron chi connectivity index (χ1n) is 11.1. The van der Waals surface area contributed by atoms with Gasteiger partial charge in [-0.25, -0.2) is 9.97 Å². The maximum atomic E-state index is 4.86. The van der Waals surface area contributed by atoms with E-state index >= 15 is 0 Å². The molecule has 0 saturated carbocycles. The molecule has 0 spiro atoms. The summed E-state index contributed by atoms with van der Waals surface area (Å²) >= 11 is 0. The van der Waals surface area contributed by atoms with Crippen molar-refractivity contribution in [2.75, 3.05) is 10.6 Å². The normalized spacial score (nSPS) is 12.1. The van der Waals surface area contributed by atoms with Crippen molar-refractivity contribution in [2.24, 2.45) is 0 Å². The van der Waals surface area contributed by atoms with E-state index < -0.39 is 0 Å². The summed E-state index contributed by atoms with van der Waals surface area (Å²) in [4.78, 5) is 9.72. The van der Waals surface area contributed by atoms with Gasteiger partial charge in [-0.3, -0.25) is 0 Å². The highest BCUT2D eigenvalue weighted by Gasteiger charge is 2.15. The Morgan fingerprint density at radius 1 is 0.500 bits per heavy atom. The third-order valence-corrected chi connectivity index (χ3v) is 5.60. The molecule has 0 saturated heterocycles. The van der Waals surface area contributed by atoms with E-state index in [1.165, 1.54) is 11.1 Å². The summed E-state index contributed by atoms with van der Waals surface area (Å²) in [5, 5.41) is 6.93. The second-order valence-corrected chi connectivity index (χ2v) is 10.3. The molecule has 4 aromatic rings. The fraction of sp³-hybridized carbons (Fsp3) is 0.286. The molecule has 4 rings (SSSR count). The minimum Gasteiger partial charge on any atom is -0.337 e. The summed E-state index contributed by atoms with van der Waals surface area (Å²) in [6.07, 6.45) is 0. The van der Waals surface area contributed by atoms with Gasteiger partial charge in [-0.2, -0.15) is 0 Å². The summed E-state index contributed by atoms with van der Waals surface area (Å²) in [6.45, 7) is 13.3. The summed E-state index contributed by atoms with van der Waals surface area (Å²) in [6, 6.07) is 25.0. The number of rotatable bonds is 4. The average molecular weight is 425 g/mol. The molecule has 0 aliphatic rings. The van der Waals surface area contributed by atoms with Gasteiger partial charge in [-0.1, -0.05) is 77.9 Å². The fourth-order valence-corrected chi connectivity index (χ4v) is 3.55. The smallest absolute Gasteiger partial charge is 0.174 e. The number of nitrogens with one attached hydrogen (secondary N) is 2. The van der Waals surface area contributed by atoms with Gasteiger partial charge in [-0.05, 0) is 58.4 Å². The highest BCUT2D eigenvalue weighted by atomic mass is 15.1. The Kier molecular flexibility index (Phi) is 5.64. The quantitative estimate of drug-likeness (QED) is 0.352. The monoisotopic (exact) mass is 424 g/mol. The van der Waals surface area contributed by atoms with Gasteiger partial charge in [0.05, 0.1) is 11.0 Å². The van der Waals surface area contributed by atoms with Gasteiger partial charge in [0.1, 0.15) is 0 Å². The molecule has 2 N–H and O–H groups in total. The maximum absolute atomic E-state index is 4.86. The van der Waals surface area contributed by atoms with Crippen LogP contribution in [0.2, 0.25) is 0 Å². The summed E-state index contributed by atoms with van der Waals surface area (Å²) in [5.74, 6) is 1.40. The lowest BCUT2D eigenvalue weighted by Crippen LogP contribution is -2.11. The van der Waals surface area contributed by atoms with Crippen LogP contribution >= 0.6 is 0 Å². The van der Waals surface area contributed by atoms with E-state index in [-0.39, 0.29) is 10.8 Å². The topological polar surface area (TPSA) is 49.8 Å². The SMILES string of the molecule is CC(C)(C)c1ccc(Nc2nc3ccccc3nc2Nc2ccc(C(C)(C)C)cc2)cc1. The third-order valence-electron chi connectivity index (χ3n) is 5.60. The number of benzene rings is 3. The first kappa shape index (κ1) is 21.8. The van der Waals surface area contributed by atoms with Crippen LogP contribution in [0.25, 0.3) is 11.0 Å². The fourth-order valence-electron chi connectivity index (χ4n) is 3.55. The lowest BCUT2D eigenvalue weighted by atomic mass is 9.87. The molecule has 0 amide bonds. The molecule has 32 heavy (non-hydrogen) atoms. The molecule has 0 aliphatic carbocycles. The zero-order chi connectivity index (χ0) is 22.9. The number of aromatic nitrogens is 2. The number of anilines is 4. The first-order chi connectivity index (χ1) is 15.1. The standard InChI is InChI=1S/C28H32N4/c1-27(2,3)19-11-15-21(16-12-19)29-25-26(32-24-10-8-7-9-23(24)31-25)30-22-17-13-20(14-18-22)28(4,5)6/h7-18H,1-6H3,(H,29,31)(H,30,32). The molecule has 1 heterocycles. The van der Waals surface area contributed by atoms with E-state index in [1.807, 2.05) is 24.3 Å². The summed E-state index contributed by atoms with van der Waals surface area (Å²) in [7, 11) is 0. The van der Waals surface area contributed by atoms with Crippen LogP contribution in [0.15, 0.2) is 72.8 Å². The van der Waals surface area contributed by atoms with Crippen molar-refractivity contribution in [3.05, 3.63) is 83.9 Å². The lowest BCUT2D eigenvalue weighted by molar-refractivity contribution is 0.590. The molecule has 0 radical (unpaired) electrons. The van der Waals surface area contributed by atoms with Crippen LogP contribution in [0.1, 0.15) is 52.7 Å². The summed E-state index contributed by atoms with van der Waals surface area (Å²) in [5.41, 5.74) is 6.50. The van der Waals surface area contributed by atoms with Crippen LogP contribution in [0, 0.1) is 0 Å². The second kappa shape index (κ2) is 8.27. The van der Waals surface area contributed by atoms with Crippen LogP contribution in [-0.2, 0) is 10.8 Å². The highest BCUT2D eigenvalue weighted by Crippen LogP contribution is 2.30. The zero-order valence-corrected chi connectivity index (χ0v) is 19.8. The van der Waals surface area contributed by atoms with Crippen molar-refractivity contribution in [3.63, 3.8) is 0 Å². The van der Waals surface area contributed by atoms with E-state index in [9.17, 15) is 0 Å². The number of hydrogen-bond acceptors (Lipinski definition) is 4. The Bertz CT molecular complexity index is 1110. The van der Waals surface area contributed by atoms with Gasteiger partial charge < -0.3 is 10.6 Å². The molecule has 0 aliphatic heterocycles. The molecule has 0 atom stereocenters. The molecule has 3 aromatic carbocycles. The van der Waals surface area contributed by atoms with Crippen molar-refractivity contribution < 1.29 is 0 Å². The van der Waals surface area contributed by atoms with E-state index in [0.29, 0.717) is 11.6 Å². The molecular formula is C28H32N4. The van der Waals surface area contributed by atoms with Gasteiger partial charge in [0.2, 0.25) is 0 Å². The van der Waals surface area contributed by atoms with Gasteiger partial charge in [0.25, 0.3) is 0 Å². The highest BCUT2D eigenvalue weighted by molar-refractivity contribution is 5.83. The number of hydrogen-bond donors (Lipinski definition) is 2. The van der Waals surface area contributed by atoms with Crippen molar-refractivity contribution in [1.29, 1.82) is 0 Å². The van der Waals surface area contributed by atoms with Crippen molar-refractivity contribution in [2.45, 2.75) is 52.4 Å². The minimum absolute atomic E-state index is 0.118. The molecule has 164 valence electrons. The lowest BCUT2D eigenvalue weighted by Gasteiger charge is -2.20. The maximum Gasteiger partial charge on any atom is 0.174 e. The van der Waals surface area contributed by atoms with Crippen molar-refractivity contribution in [1.82, 2.24) is 9.97 Å². The molecule has 0 fully saturated rings. The van der Waals surface area contributed by atoms with Gasteiger partial charge >= 0.3 is 0 Å². The van der Waals surface area contributed by atoms with Crippen LogP contribution in [0.3, 0.4) is 0 Å².